The second kappa shape index (κ2) is 3.29. The fraction of sp³-hybridized carbons (Fsp3) is 0.286. The first-order chi connectivity index (χ1) is 8.08. The summed E-state index contributed by atoms with van der Waals surface area (Å²) in [6, 6.07) is 9.94. The Bertz CT molecular complexity index is 641. The van der Waals surface area contributed by atoms with Gasteiger partial charge in [-0.2, -0.15) is 5.10 Å². The Morgan fingerprint density at radius 2 is 2.06 bits per heavy atom. The maximum atomic E-state index is 11.3. The standard InChI is InChI=1S/C14H14N2O/c1-14(2)8-9-7-12(17)15-16-13(9)10-5-3-4-6-11(10)14/h3-7H,8H2,1-2H3,(H,15,17). The van der Waals surface area contributed by atoms with E-state index in [1.54, 1.807) is 6.07 Å². The van der Waals surface area contributed by atoms with Gasteiger partial charge in [0, 0.05) is 11.6 Å². The molecule has 0 unspecified atom stereocenters. The van der Waals surface area contributed by atoms with Crippen LogP contribution >= 0.6 is 0 Å². The van der Waals surface area contributed by atoms with E-state index in [9.17, 15) is 4.79 Å². The first kappa shape index (κ1) is 10.3. The molecule has 0 saturated carbocycles. The van der Waals surface area contributed by atoms with Gasteiger partial charge in [0.15, 0.2) is 0 Å². The first-order valence-electron chi connectivity index (χ1n) is 5.76. The fourth-order valence-corrected chi connectivity index (χ4v) is 2.66. The number of aromatic nitrogens is 2. The van der Waals surface area contributed by atoms with E-state index in [1.165, 1.54) is 5.56 Å². The average Bonchev–Trinajstić information content (AvgIpc) is 2.28. The van der Waals surface area contributed by atoms with E-state index in [0.717, 1.165) is 23.2 Å². The van der Waals surface area contributed by atoms with Crippen molar-refractivity contribution in [3.05, 3.63) is 51.8 Å². The molecule has 0 radical (unpaired) electrons. The van der Waals surface area contributed by atoms with Crippen LogP contribution in [0.4, 0.5) is 0 Å². The highest BCUT2D eigenvalue weighted by Crippen LogP contribution is 2.40. The van der Waals surface area contributed by atoms with Crippen LogP contribution in [-0.2, 0) is 11.8 Å². The largest absolute Gasteiger partial charge is 0.268 e. The molecule has 1 heterocycles. The van der Waals surface area contributed by atoms with Gasteiger partial charge in [0.2, 0.25) is 0 Å². The van der Waals surface area contributed by atoms with E-state index in [4.69, 9.17) is 0 Å². The molecule has 3 rings (SSSR count). The molecule has 0 saturated heterocycles. The highest BCUT2D eigenvalue weighted by molar-refractivity contribution is 5.71. The Morgan fingerprint density at radius 1 is 1.29 bits per heavy atom. The number of aromatic amines is 1. The predicted molar refractivity (Wildman–Crippen MR) is 67.0 cm³/mol. The number of fused-ring (bicyclic) bond motifs is 3. The van der Waals surface area contributed by atoms with E-state index < -0.39 is 0 Å². The van der Waals surface area contributed by atoms with Crippen LogP contribution in [-0.4, -0.2) is 10.2 Å². The van der Waals surface area contributed by atoms with Gasteiger partial charge in [0.25, 0.3) is 5.56 Å². The summed E-state index contributed by atoms with van der Waals surface area (Å²) < 4.78 is 0. The summed E-state index contributed by atoms with van der Waals surface area (Å²) in [5, 5.41) is 6.71. The number of H-pyrrole nitrogens is 1. The number of rotatable bonds is 0. The zero-order valence-corrected chi connectivity index (χ0v) is 9.95. The molecule has 0 fully saturated rings. The van der Waals surface area contributed by atoms with Gasteiger partial charge in [0.05, 0.1) is 5.69 Å². The van der Waals surface area contributed by atoms with Crippen molar-refractivity contribution < 1.29 is 0 Å². The molecule has 1 aliphatic rings. The molecule has 0 atom stereocenters. The molecular weight excluding hydrogens is 212 g/mol. The van der Waals surface area contributed by atoms with E-state index in [-0.39, 0.29) is 11.0 Å². The van der Waals surface area contributed by atoms with Crippen LogP contribution in [0.25, 0.3) is 11.3 Å². The highest BCUT2D eigenvalue weighted by Gasteiger charge is 2.31. The van der Waals surface area contributed by atoms with Crippen molar-refractivity contribution in [1.82, 2.24) is 10.2 Å². The van der Waals surface area contributed by atoms with Gasteiger partial charge in [-0.1, -0.05) is 38.1 Å². The van der Waals surface area contributed by atoms with E-state index in [2.05, 4.69) is 42.2 Å². The summed E-state index contributed by atoms with van der Waals surface area (Å²) in [6.07, 6.45) is 0.857. The molecule has 3 heteroatoms. The van der Waals surface area contributed by atoms with Crippen molar-refractivity contribution >= 4 is 0 Å². The fourth-order valence-electron chi connectivity index (χ4n) is 2.66. The number of nitrogens with one attached hydrogen (secondary N) is 1. The van der Waals surface area contributed by atoms with Crippen LogP contribution in [0.5, 0.6) is 0 Å². The van der Waals surface area contributed by atoms with Crippen molar-refractivity contribution in [2.24, 2.45) is 0 Å². The molecule has 1 aromatic heterocycles. The van der Waals surface area contributed by atoms with E-state index in [1.807, 2.05) is 6.07 Å². The summed E-state index contributed by atoms with van der Waals surface area (Å²) in [4.78, 5) is 11.3. The maximum absolute atomic E-state index is 11.3. The number of hydrogen-bond acceptors (Lipinski definition) is 2. The molecule has 0 amide bonds. The van der Waals surface area contributed by atoms with Gasteiger partial charge in [-0.15, -0.1) is 0 Å². The lowest BCUT2D eigenvalue weighted by molar-refractivity contribution is 0.514. The SMILES string of the molecule is CC1(C)Cc2cc(=O)[nH]nc2-c2ccccc21. The number of hydrogen-bond donors (Lipinski definition) is 1. The Morgan fingerprint density at radius 3 is 2.88 bits per heavy atom. The number of benzene rings is 1. The minimum absolute atomic E-state index is 0.0546. The van der Waals surface area contributed by atoms with Crippen LogP contribution in [0.2, 0.25) is 0 Å². The second-order valence-electron chi connectivity index (χ2n) is 5.21. The van der Waals surface area contributed by atoms with Crippen molar-refractivity contribution in [1.29, 1.82) is 0 Å². The quantitative estimate of drug-likeness (QED) is 0.749. The lowest BCUT2D eigenvalue weighted by Crippen LogP contribution is -2.27. The minimum atomic E-state index is -0.126. The van der Waals surface area contributed by atoms with Gasteiger partial charge < -0.3 is 0 Å². The molecule has 0 spiro atoms. The summed E-state index contributed by atoms with van der Waals surface area (Å²) in [7, 11) is 0. The highest BCUT2D eigenvalue weighted by atomic mass is 16.1. The smallest absolute Gasteiger partial charge is 0.264 e. The molecule has 17 heavy (non-hydrogen) atoms. The molecule has 0 aliphatic heterocycles. The third-order valence-electron chi connectivity index (χ3n) is 3.43. The summed E-state index contributed by atoms with van der Waals surface area (Å²) in [6.45, 7) is 4.41. The van der Waals surface area contributed by atoms with Crippen LogP contribution in [0.3, 0.4) is 0 Å². The van der Waals surface area contributed by atoms with Gasteiger partial charge in [-0.25, -0.2) is 5.10 Å². The maximum Gasteiger partial charge on any atom is 0.264 e. The summed E-state index contributed by atoms with van der Waals surface area (Å²) in [5.41, 5.74) is 4.32. The van der Waals surface area contributed by atoms with Crippen molar-refractivity contribution in [2.75, 3.05) is 0 Å². The first-order valence-corrected chi connectivity index (χ1v) is 5.76. The molecule has 1 aliphatic carbocycles. The zero-order chi connectivity index (χ0) is 12.0. The Kier molecular flexibility index (Phi) is 1.99. The van der Waals surface area contributed by atoms with Crippen LogP contribution in [0.15, 0.2) is 35.1 Å². The Balaban J connectivity index is 2.35. The zero-order valence-electron chi connectivity index (χ0n) is 9.95. The van der Waals surface area contributed by atoms with Crippen LogP contribution in [0, 0.1) is 0 Å². The normalized spacial score (nSPS) is 16.1. The van der Waals surface area contributed by atoms with Gasteiger partial charge in [-0.3, -0.25) is 4.79 Å². The second-order valence-corrected chi connectivity index (χ2v) is 5.21. The summed E-state index contributed by atoms with van der Waals surface area (Å²) in [5.74, 6) is 0. The van der Waals surface area contributed by atoms with Crippen LogP contribution in [0.1, 0.15) is 25.0 Å². The van der Waals surface area contributed by atoms with E-state index >= 15 is 0 Å². The summed E-state index contributed by atoms with van der Waals surface area (Å²) >= 11 is 0. The molecule has 0 bridgehead atoms. The molecular formula is C14H14N2O. The van der Waals surface area contributed by atoms with Crippen molar-refractivity contribution in [2.45, 2.75) is 25.7 Å². The van der Waals surface area contributed by atoms with Gasteiger partial charge in [-0.05, 0) is 23.0 Å². The third kappa shape index (κ3) is 1.50. The minimum Gasteiger partial charge on any atom is -0.268 e. The van der Waals surface area contributed by atoms with Crippen LogP contribution < -0.4 is 5.56 Å². The number of nitrogens with zero attached hydrogens (tertiary/aromatic N) is 1. The molecule has 2 aromatic rings. The lowest BCUT2D eigenvalue weighted by Gasteiger charge is -2.32. The molecule has 1 aromatic carbocycles. The molecule has 3 nitrogen and oxygen atoms in total. The topological polar surface area (TPSA) is 45.8 Å². The van der Waals surface area contributed by atoms with Crippen molar-refractivity contribution in [3.8, 4) is 11.3 Å². The van der Waals surface area contributed by atoms with E-state index in [0.29, 0.717) is 0 Å². The van der Waals surface area contributed by atoms with Crippen molar-refractivity contribution in [3.63, 3.8) is 0 Å². The monoisotopic (exact) mass is 226 g/mol. The predicted octanol–water partition coefficient (Wildman–Crippen LogP) is 2.27. The third-order valence-corrected chi connectivity index (χ3v) is 3.43. The lowest BCUT2D eigenvalue weighted by atomic mass is 9.72. The van der Waals surface area contributed by atoms with Gasteiger partial charge >= 0.3 is 0 Å². The molecule has 86 valence electrons. The molecule has 1 N–H and O–H groups in total. The Labute approximate surface area is 99.5 Å². The van der Waals surface area contributed by atoms with Gasteiger partial charge in [0.1, 0.15) is 0 Å². The average molecular weight is 226 g/mol. The Hall–Kier alpha value is -1.90.